The molecule has 0 atom stereocenters. The third kappa shape index (κ3) is 3.19. The molecule has 0 amide bonds. The topological polar surface area (TPSA) is 62.3 Å². The molecule has 22 heavy (non-hydrogen) atoms. The zero-order valence-electron chi connectivity index (χ0n) is 11.9. The van der Waals surface area contributed by atoms with Crippen LogP contribution in [0.1, 0.15) is 12.0 Å². The molecule has 2 heterocycles. The Morgan fingerprint density at radius 1 is 1.23 bits per heavy atom. The number of hydrogen-bond donors (Lipinski definition) is 1. The van der Waals surface area contributed by atoms with E-state index in [-0.39, 0.29) is 5.75 Å². The largest absolute Gasteiger partial charge is 0.366 e. The van der Waals surface area contributed by atoms with Gasteiger partial charge in [-0.25, -0.2) is 13.4 Å². The average molecular weight is 321 g/mol. The van der Waals surface area contributed by atoms with Gasteiger partial charge in [0.2, 0.25) is 16.0 Å². The number of nitrogens with zero attached hydrogens (tertiary/aromatic N) is 2. The lowest BCUT2D eigenvalue weighted by atomic mass is 10.2. The Balaban J connectivity index is 1.74. The molecule has 0 radical (unpaired) electrons. The number of benzene rings is 1. The first-order valence-electron chi connectivity index (χ1n) is 7.00. The highest BCUT2D eigenvalue weighted by molar-refractivity contribution is 7.93. The molecule has 5 nitrogen and oxygen atoms in total. The lowest BCUT2D eigenvalue weighted by molar-refractivity contribution is 0.585. The third-order valence-electron chi connectivity index (χ3n) is 3.49. The minimum absolute atomic E-state index is 0.197. The van der Waals surface area contributed by atoms with Gasteiger partial charge >= 0.3 is 0 Å². The van der Waals surface area contributed by atoms with E-state index in [0.717, 1.165) is 5.56 Å². The summed E-state index contributed by atoms with van der Waals surface area (Å²) < 4.78 is 38.4. The highest BCUT2D eigenvalue weighted by atomic mass is 32.2. The Hall–Kier alpha value is -2.15. The normalized spacial score (nSPS) is 16.7. The van der Waals surface area contributed by atoms with Crippen LogP contribution in [-0.2, 0) is 16.6 Å². The van der Waals surface area contributed by atoms with Gasteiger partial charge in [-0.1, -0.05) is 18.2 Å². The number of anilines is 2. The summed E-state index contributed by atoms with van der Waals surface area (Å²) in [6.07, 6.45) is 0.651. The number of halogens is 1. The molecular weight excluding hydrogens is 305 g/mol. The zero-order valence-corrected chi connectivity index (χ0v) is 12.7. The Kier molecular flexibility index (Phi) is 3.98. The van der Waals surface area contributed by atoms with Gasteiger partial charge in [-0.3, -0.25) is 4.31 Å². The molecule has 3 rings (SSSR count). The molecule has 0 spiro atoms. The number of hydrogen-bond acceptors (Lipinski definition) is 4. The molecule has 1 saturated heterocycles. The number of rotatable bonds is 4. The van der Waals surface area contributed by atoms with Crippen LogP contribution in [0, 0.1) is 5.95 Å². The number of aromatic nitrogens is 1. The smallest absolute Gasteiger partial charge is 0.235 e. The van der Waals surface area contributed by atoms with Crippen molar-refractivity contribution in [3.8, 4) is 0 Å². The zero-order chi connectivity index (χ0) is 15.6. The Bertz CT molecular complexity index is 780. The second-order valence-corrected chi connectivity index (χ2v) is 7.12. The first-order chi connectivity index (χ1) is 10.5. The first-order valence-corrected chi connectivity index (χ1v) is 8.61. The highest BCUT2D eigenvalue weighted by Crippen LogP contribution is 2.25. The molecule has 1 aromatic carbocycles. The summed E-state index contributed by atoms with van der Waals surface area (Å²) in [5.41, 5.74) is 1.58. The van der Waals surface area contributed by atoms with Crippen LogP contribution in [0.4, 0.5) is 15.9 Å². The van der Waals surface area contributed by atoms with E-state index in [0.29, 0.717) is 31.0 Å². The van der Waals surface area contributed by atoms with Crippen LogP contribution >= 0.6 is 0 Å². The van der Waals surface area contributed by atoms with Crippen molar-refractivity contribution in [1.82, 2.24) is 4.98 Å². The molecule has 1 N–H and O–H groups in total. The summed E-state index contributed by atoms with van der Waals surface area (Å²) in [7, 11) is -3.18. The molecule has 0 bridgehead atoms. The second-order valence-electron chi connectivity index (χ2n) is 5.11. The highest BCUT2D eigenvalue weighted by Gasteiger charge is 2.28. The Morgan fingerprint density at radius 3 is 2.77 bits per heavy atom. The Morgan fingerprint density at radius 2 is 2.05 bits per heavy atom. The van der Waals surface area contributed by atoms with Crippen LogP contribution in [0.5, 0.6) is 0 Å². The van der Waals surface area contributed by atoms with Crippen molar-refractivity contribution < 1.29 is 12.8 Å². The second kappa shape index (κ2) is 5.92. The number of nitrogens with one attached hydrogen (secondary N) is 1. The fraction of sp³-hybridized carbons (Fsp3) is 0.267. The quantitative estimate of drug-likeness (QED) is 0.878. The van der Waals surface area contributed by atoms with Crippen molar-refractivity contribution >= 4 is 21.5 Å². The van der Waals surface area contributed by atoms with Gasteiger partial charge < -0.3 is 5.32 Å². The average Bonchev–Trinajstić information content (AvgIpc) is 2.85. The van der Waals surface area contributed by atoms with Gasteiger partial charge in [-0.05, 0) is 36.2 Å². The minimum atomic E-state index is -3.18. The molecular formula is C15H16FN3O2S. The van der Waals surface area contributed by atoms with Crippen molar-refractivity contribution in [3.63, 3.8) is 0 Å². The molecule has 1 aliphatic heterocycles. The number of pyridine rings is 1. The predicted octanol–water partition coefficient (Wildman–Crippen LogP) is 2.37. The SMILES string of the molecule is O=S1(=O)CCCN1c1cccc(CNc2cccc(F)n2)c1. The van der Waals surface area contributed by atoms with E-state index in [1.807, 2.05) is 18.2 Å². The van der Waals surface area contributed by atoms with Crippen LogP contribution in [0.3, 0.4) is 0 Å². The fourth-order valence-corrected chi connectivity index (χ4v) is 4.01. The van der Waals surface area contributed by atoms with Gasteiger partial charge in [0.15, 0.2) is 0 Å². The van der Waals surface area contributed by atoms with Gasteiger partial charge in [0.1, 0.15) is 5.82 Å². The van der Waals surface area contributed by atoms with Crippen LogP contribution in [-0.4, -0.2) is 25.7 Å². The molecule has 1 aromatic heterocycles. The standard InChI is InChI=1S/C15H16FN3O2S/c16-14-6-2-7-15(18-14)17-11-12-4-1-5-13(10-12)19-8-3-9-22(19,20)21/h1-2,4-7,10H,3,8-9,11H2,(H,17,18). The fourth-order valence-electron chi connectivity index (χ4n) is 2.45. The maximum absolute atomic E-state index is 13.0. The minimum Gasteiger partial charge on any atom is -0.366 e. The molecule has 0 unspecified atom stereocenters. The van der Waals surface area contributed by atoms with E-state index in [2.05, 4.69) is 10.3 Å². The summed E-state index contributed by atoms with van der Waals surface area (Å²) in [5, 5.41) is 3.02. The summed E-state index contributed by atoms with van der Waals surface area (Å²) in [5.74, 6) is 0.101. The number of sulfonamides is 1. The van der Waals surface area contributed by atoms with E-state index in [1.165, 1.54) is 10.4 Å². The van der Waals surface area contributed by atoms with Gasteiger partial charge in [0, 0.05) is 13.1 Å². The van der Waals surface area contributed by atoms with Gasteiger partial charge in [-0.2, -0.15) is 4.39 Å². The molecule has 7 heteroatoms. The Labute approximate surface area is 128 Å². The summed E-state index contributed by atoms with van der Waals surface area (Å²) in [6.45, 7) is 0.961. The maximum atomic E-state index is 13.0. The summed E-state index contributed by atoms with van der Waals surface area (Å²) in [4.78, 5) is 3.73. The summed E-state index contributed by atoms with van der Waals surface area (Å²) in [6, 6.07) is 11.9. The van der Waals surface area contributed by atoms with Gasteiger partial charge in [-0.15, -0.1) is 0 Å². The van der Waals surface area contributed by atoms with E-state index < -0.39 is 16.0 Å². The van der Waals surface area contributed by atoms with Gasteiger partial charge in [0.25, 0.3) is 0 Å². The van der Waals surface area contributed by atoms with Crippen molar-refractivity contribution in [2.45, 2.75) is 13.0 Å². The van der Waals surface area contributed by atoms with Crippen molar-refractivity contribution in [2.24, 2.45) is 0 Å². The van der Waals surface area contributed by atoms with Crippen LogP contribution in [0.25, 0.3) is 0 Å². The molecule has 1 fully saturated rings. The van der Waals surface area contributed by atoms with Crippen LogP contribution < -0.4 is 9.62 Å². The van der Waals surface area contributed by atoms with E-state index in [4.69, 9.17) is 0 Å². The van der Waals surface area contributed by atoms with E-state index in [1.54, 1.807) is 18.2 Å². The molecule has 2 aromatic rings. The van der Waals surface area contributed by atoms with Crippen molar-refractivity contribution in [3.05, 3.63) is 54.0 Å². The van der Waals surface area contributed by atoms with E-state index in [9.17, 15) is 12.8 Å². The molecule has 0 saturated carbocycles. The van der Waals surface area contributed by atoms with Crippen molar-refractivity contribution in [2.75, 3.05) is 21.9 Å². The first kappa shape index (κ1) is 14.8. The van der Waals surface area contributed by atoms with Crippen LogP contribution in [0.15, 0.2) is 42.5 Å². The monoisotopic (exact) mass is 321 g/mol. The predicted molar refractivity (Wildman–Crippen MR) is 83.7 cm³/mol. The van der Waals surface area contributed by atoms with E-state index >= 15 is 0 Å². The van der Waals surface area contributed by atoms with Crippen molar-refractivity contribution in [1.29, 1.82) is 0 Å². The van der Waals surface area contributed by atoms with Gasteiger partial charge in [0.05, 0.1) is 11.4 Å². The summed E-state index contributed by atoms with van der Waals surface area (Å²) >= 11 is 0. The molecule has 1 aliphatic rings. The van der Waals surface area contributed by atoms with Crippen LogP contribution in [0.2, 0.25) is 0 Å². The lowest BCUT2D eigenvalue weighted by Gasteiger charge is -2.17. The molecule has 116 valence electrons. The third-order valence-corrected chi connectivity index (χ3v) is 5.36. The molecule has 0 aliphatic carbocycles. The lowest BCUT2D eigenvalue weighted by Crippen LogP contribution is -2.25. The maximum Gasteiger partial charge on any atom is 0.235 e.